The molecule has 5 nitrogen and oxygen atoms in total. The fourth-order valence-corrected chi connectivity index (χ4v) is 5.39. The van der Waals surface area contributed by atoms with E-state index in [4.69, 9.17) is 9.47 Å². The minimum Gasteiger partial charge on any atom is -0.496 e. The van der Waals surface area contributed by atoms with Gasteiger partial charge in [0.15, 0.2) is 0 Å². The number of aromatic nitrogens is 1. The summed E-state index contributed by atoms with van der Waals surface area (Å²) in [5, 5.41) is 14.2. The lowest BCUT2D eigenvalue weighted by atomic mass is 9.85. The van der Waals surface area contributed by atoms with Gasteiger partial charge in [-0.25, -0.2) is 0 Å². The summed E-state index contributed by atoms with van der Waals surface area (Å²) in [5.74, 6) is 2.27. The summed E-state index contributed by atoms with van der Waals surface area (Å²) in [4.78, 5) is 5.73. The quantitative estimate of drug-likeness (QED) is 0.376. The number of hydrogen-bond acceptors (Lipinski definition) is 4. The van der Waals surface area contributed by atoms with Crippen molar-refractivity contribution in [3.63, 3.8) is 0 Å². The number of hydrogen-bond donors (Lipinski definition) is 2. The molecule has 0 spiro atoms. The van der Waals surface area contributed by atoms with E-state index < -0.39 is 6.10 Å². The van der Waals surface area contributed by atoms with Crippen LogP contribution in [0, 0.1) is 6.92 Å². The maximum atomic E-state index is 10.7. The Bertz CT molecular complexity index is 1280. The molecule has 2 heterocycles. The van der Waals surface area contributed by atoms with Gasteiger partial charge in [0.2, 0.25) is 0 Å². The van der Waals surface area contributed by atoms with E-state index in [0.29, 0.717) is 25.1 Å². The molecule has 1 aromatic heterocycles. The highest BCUT2D eigenvalue weighted by molar-refractivity contribution is 5.89. The van der Waals surface area contributed by atoms with E-state index in [1.54, 1.807) is 7.11 Å². The van der Waals surface area contributed by atoms with Crippen LogP contribution < -0.4 is 9.47 Å². The average molecular weight is 459 g/mol. The van der Waals surface area contributed by atoms with E-state index in [0.717, 1.165) is 47.5 Å². The molecule has 2 unspecified atom stereocenters. The largest absolute Gasteiger partial charge is 0.496 e. The highest BCUT2D eigenvalue weighted by atomic mass is 16.5. The van der Waals surface area contributed by atoms with E-state index in [2.05, 4.69) is 47.1 Å². The monoisotopic (exact) mass is 458 g/mol. The number of fused-ring (bicyclic) bond motifs is 2. The van der Waals surface area contributed by atoms with Crippen molar-refractivity contribution in [2.45, 2.75) is 44.8 Å². The van der Waals surface area contributed by atoms with E-state index in [-0.39, 0.29) is 0 Å². The summed E-state index contributed by atoms with van der Waals surface area (Å²) >= 11 is 0. The van der Waals surface area contributed by atoms with Crippen LogP contribution in [-0.2, 0) is 0 Å². The van der Waals surface area contributed by atoms with Gasteiger partial charge < -0.3 is 19.6 Å². The first-order valence-electron chi connectivity index (χ1n) is 12.2. The van der Waals surface area contributed by atoms with Gasteiger partial charge in [-0.1, -0.05) is 30.3 Å². The number of aryl methyl sites for hydroxylation is 1. The molecule has 5 heteroatoms. The average Bonchev–Trinajstić information content (AvgIpc) is 3.24. The second kappa shape index (κ2) is 9.69. The molecule has 0 radical (unpaired) electrons. The molecule has 0 bridgehead atoms. The van der Waals surface area contributed by atoms with Crippen molar-refractivity contribution in [1.82, 2.24) is 9.88 Å². The van der Waals surface area contributed by atoms with Gasteiger partial charge in [-0.15, -0.1) is 0 Å². The number of nitrogens with one attached hydrogen (secondary N) is 1. The lowest BCUT2D eigenvalue weighted by Crippen LogP contribution is -2.45. The normalized spacial score (nSPS) is 20.0. The topological polar surface area (TPSA) is 57.7 Å². The Hall–Kier alpha value is -3.02. The minimum atomic E-state index is -0.528. The molecule has 0 saturated carbocycles. The molecule has 4 aromatic rings. The van der Waals surface area contributed by atoms with Gasteiger partial charge in [0.25, 0.3) is 0 Å². The van der Waals surface area contributed by atoms with Gasteiger partial charge in [0.05, 0.1) is 7.11 Å². The summed E-state index contributed by atoms with van der Waals surface area (Å²) in [5.41, 5.74) is 3.54. The number of ether oxygens (including phenoxy) is 2. The molecule has 34 heavy (non-hydrogen) atoms. The van der Waals surface area contributed by atoms with Gasteiger partial charge >= 0.3 is 0 Å². The highest BCUT2D eigenvalue weighted by Crippen LogP contribution is 2.35. The molecule has 1 aliphatic rings. The van der Waals surface area contributed by atoms with Gasteiger partial charge in [-0.3, -0.25) is 4.90 Å². The maximum absolute atomic E-state index is 10.7. The lowest BCUT2D eigenvalue weighted by molar-refractivity contribution is 0.0406. The molecule has 2 N–H and O–H groups in total. The van der Waals surface area contributed by atoms with E-state index in [1.165, 1.54) is 16.3 Å². The zero-order valence-electron chi connectivity index (χ0n) is 20.3. The zero-order valence-corrected chi connectivity index (χ0v) is 20.3. The van der Waals surface area contributed by atoms with Crippen molar-refractivity contribution in [2.75, 3.05) is 26.8 Å². The van der Waals surface area contributed by atoms with Crippen LogP contribution in [0.1, 0.15) is 36.9 Å². The van der Waals surface area contributed by atoms with Crippen molar-refractivity contribution >= 4 is 21.7 Å². The van der Waals surface area contributed by atoms with Crippen molar-refractivity contribution in [2.24, 2.45) is 0 Å². The summed E-state index contributed by atoms with van der Waals surface area (Å²) in [6, 6.07) is 21.5. The van der Waals surface area contributed by atoms with Gasteiger partial charge in [0.1, 0.15) is 24.2 Å². The number of rotatable bonds is 7. The lowest BCUT2D eigenvalue weighted by Gasteiger charge is -2.39. The van der Waals surface area contributed by atoms with Crippen molar-refractivity contribution < 1.29 is 14.6 Å². The SMILES string of the molecule is COc1cccc2ccc(C3CCN(CC(O)COc4cccc5[nH]c(C)cc45)[C@@H](C)C3)cc12. The predicted octanol–water partition coefficient (Wildman–Crippen LogP) is 5.65. The number of benzene rings is 3. The molecule has 1 fully saturated rings. The van der Waals surface area contributed by atoms with E-state index in [9.17, 15) is 5.11 Å². The Morgan fingerprint density at radius 2 is 1.88 bits per heavy atom. The predicted molar refractivity (Wildman–Crippen MR) is 138 cm³/mol. The first kappa shape index (κ1) is 22.8. The van der Waals surface area contributed by atoms with Crippen LogP contribution in [0.3, 0.4) is 0 Å². The van der Waals surface area contributed by atoms with Crippen LogP contribution in [0.4, 0.5) is 0 Å². The van der Waals surface area contributed by atoms with Crippen LogP contribution >= 0.6 is 0 Å². The maximum Gasteiger partial charge on any atom is 0.128 e. The number of piperidine rings is 1. The van der Waals surface area contributed by atoms with Crippen LogP contribution in [0.15, 0.2) is 60.7 Å². The first-order valence-corrected chi connectivity index (χ1v) is 12.2. The zero-order chi connectivity index (χ0) is 23.7. The third kappa shape index (κ3) is 4.63. The summed E-state index contributed by atoms with van der Waals surface area (Å²) in [6.07, 6.45) is 1.63. The molecular weight excluding hydrogens is 424 g/mol. The number of aliphatic hydroxyl groups is 1. The molecule has 0 amide bonds. The number of aliphatic hydroxyl groups excluding tert-OH is 1. The van der Waals surface area contributed by atoms with Crippen molar-refractivity contribution in [3.05, 3.63) is 71.9 Å². The molecular formula is C29H34N2O3. The van der Waals surface area contributed by atoms with E-state index in [1.807, 2.05) is 37.3 Å². The summed E-state index contributed by atoms with van der Waals surface area (Å²) in [7, 11) is 1.73. The number of methoxy groups -OCH3 is 1. The molecule has 1 aliphatic heterocycles. The molecule has 5 rings (SSSR count). The third-order valence-corrected chi connectivity index (χ3v) is 7.21. The van der Waals surface area contributed by atoms with Crippen molar-refractivity contribution in [1.29, 1.82) is 0 Å². The van der Waals surface area contributed by atoms with Gasteiger partial charge in [-0.05, 0) is 80.4 Å². The Labute approximate surface area is 201 Å². The molecule has 1 saturated heterocycles. The number of β-amino-alcohol motifs (C(OH)–C–C–N with tert-alkyl or cyclic N) is 1. The van der Waals surface area contributed by atoms with Crippen LogP contribution in [0.25, 0.3) is 21.7 Å². The number of likely N-dealkylation sites (tertiary alicyclic amines) is 1. The molecule has 3 atom stereocenters. The number of H-pyrrole nitrogens is 1. The second-order valence-corrected chi connectivity index (χ2v) is 9.64. The first-order chi connectivity index (χ1) is 16.5. The molecule has 178 valence electrons. The fraction of sp³-hybridized carbons (Fsp3) is 0.379. The Kier molecular flexibility index (Phi) is 6.48. The summed E-state index contributed by atoms with van der Waals surface area (Å²) < 4.78 is 11.6. The summed E-state index contributed by atoms with van der Waals surface area (Å²) in [6.45, 7) is 6.20. The smallest absolute Gasteiger partial charge is 0.128 e. The second-order valence-electron chi connectivity index (χ2n) is 9.64. The van der Waals surface area contributed by atoms with Crippen LogP contribution in [0.2, 0.25) is 0 Å². The van der Waals surface area contributed by atoms with Gasteiger partial charge in [-0.2, -0.15) is 0 Å². The van der Waals surface area contributed by atoms with Gasteiger partial charge in [0, 0.05) is 34.6 Å². The highest BCUT2D eigenvalue weighted by Gasteiger charge is 2.28. The molecule has 0 aliphatic carbocycles. The van der Waals surface area contributed by atoms with E-state index >= 15 is 0 Å². The number of nitrogens with zero attached hydrogens (tertiary/aromatic N) is 1. The fourth-order valence-electron chi connectivity index (χ4n) is 5.39. The third-order valence-electron chi connectivity index (χ3n) is 7.21. The van der Waals surface area contributed by atoms with Crippen LogP contribution in [-0.4, -0.2) is 53.9 Å². The number of aromatic amines is 1. The standard InChI is InChI=1S/C29H34N2O3/c1-19-14-26-27(30-19)7-5-9-29(26)34-18-24(32)17-31-13-12-23(15-20(31)2)22-11-10-21-6-4-8-28(33-3)25(21)16-22/h4-11,14,16,20,23-24,30,32H,12-13,15,17-18H2,1-3H3/t20-,23?,24?/m0/s1. The Morgan fingerprint density at radius 3 is 2.71 bits per heavy atom. The molecule has 3 aromatic carbocycles. The Balaban J connectivity index is 1.19. The minimum absolute atomic E-state index is 0.292. The van der Waals surface area contributed by atoms with Crippen LogP contribution in [0.5, 0.6) is 11.5 Å². The van der Waals surface area contributed by atoms with Crippen molar-refractivity contribution in [3.8, 4) is 11.5 Å². The Morgan fingerprint density at radius 1 is 1.06 bits per heavy atom.